The summed E-state index contributed by atoms with van der Waals surface area (Å²) in [5, 5.41) is 13.1. The van der Waals surface area contributed by atoms with E-state index < -0.39 is 0 Å². The number of halogens is 3. The van der Waals surface area contributed by atoms with E-state index in [4.69, 9.17) is 28.5 Å². The predicted molar refractivity (Wildman–Crippen MR) is 107 cm³/mol. The lowest BCUT2D eigenvalue weighted by atomic mass is 10.1. The van der Waals surface area contributed by atoms with Gasteiger partial charge in [-0.25, -0.2) is 4.39 Å². The molecule has 1 atom stereocenters. The van der Waals surface area contributed by atoms with Crippen LogP contribution >= 0.6 is 23.2 Å². The molecule has 4 nitrogen and oxygen atoms in total. The SMILES string of the molecule is CCNC[C@H](CC=O)N(Cc1cc(F)ccc1Cl)c1ccc(C#N)c(Cl)c1. The van der Waals surface area contributed by atoms with Gasteiger partial charge < -0.3 is 15.0 Å². The molecule has 0 fully saturated rings. The van der Waals surface area contributed by atoms with Crippen molar-refractivity contribution in [3.05, 3.63) is 63.4 Å². The largest absolute Gasteiger partial charge is 0.362 e. The molecule has 0 aliphatic rings. The second kappa shape index (κ2) is 10.3. The molecule has 0 radical (unpaired) electrons. The zero-order chi connectivity index (χ0) is 19.8. The van der Waals surface area contributed by atoms with E-state index in [1.807, 2.05) is 17.9 Å². The van der Waals surface area contributed by atoms with Crippen LogP contribution in [0.25, 0.3) is 0 Å². The Morgan fingerprint density at radius 2 is 2.04 bits per heavy atom. The number of carbonyl (C=O) groups is 1. The van der Waals surface area contributed by atoms with Crippen molar-refractivity contribution in [2.75, 3.05) is 18.0 Å². The van der Waals surface area contributed by atoms with Crippen LogP contribution in [0.15, 0.2) is 36.4 Å². The van der Waals surface area contributed by atoms with E-state index in [9.17, 15) is 9.18 Å². The van der Waals surface area contributed by atoms with Gasteiger partial charge in [0, 0.05) is 36.3 Å². The van der Waals surface area contributed by atoms with Gasteiger partial charge in [0.1, 0.15) is 18.2 Å². The molecule has 0 bridgehead atoms. The van der Waals surface area contributed by atoms with Crippen LogP contribution in [0.5, 0.6) is 0 Å². The summed E-state index contributed by atoms with van der Waals surface area (Å²) in [7, 11) is 0. The second-order valence-corrected chi connectivity index (χ2v) is 6.82. The summed E-state index contributed by atoms with van der Waals surface area (Å²) < 4.78 is 13.7. The number of rotatable bonds is 9. The first-order valence-corrected chi connectivity index (χ1v) is 9.30. The Morgan fingerprint density at radius 1 is 1.26 bits per heavy atom. The normalized spacial score (nSPS) is 11.7. The molecule has 0 unspecified atom stereocenters. The standard InChI is InChI=1S/C20H20Cl2FN3O/c1-2-25-12-18(7-8-27)26(13-15-9-16(23)4-6-19(15)21)17-5-3-14(11-24)20(22)10-17/h3-6,8-10,18,25H,2,7,12-13H2,1H3/t18-/m0/s1. The zero-order valence-corrected chi connectivity index (χ0v) is 16.4. The third kappa shape index (κ3) is 5.67. The van der Waals surface area contributed by atoms with Crippen LogP contribution in [0.3, 0.4) is 0 Å². The van der Waals surface area contributed by atoms with Gasteiger partial charge in [-0.2, -0.15) is 5.26 Å². The zero-order valence-electron chi connectivity index (χ0n) is 14.9. The van der Waals surface area contributed by atoms with E-state index >= 15 is 0 Å². The molecule has 7 heteroatoms. The summed E-state index contributed by atoms with van der Waals surface area (Å²) in [4.78, 5) is 13.2. The highest BCUT2D eigenvalue weighted by molar-refractivity contribution is 6.32. The van der Waals surface area contributed by atoms with Crippen molar-refractivity contribution in [3.63, 3.8) is 0 Å². The van der Waals surface area contributed by atoms with Crippen LogP contribution in [0.1, 0.15) is 24.5 Å². The number of aldehydes is 1. The maximum atomic E-state index is 13.7. The summed E-state index contributed by atoms with van der Waals surface area (Å²) in [5.74, 6) is -0.383. The Morgan fingerprint density at radius 3 is 2.67 bits per heavy atom. The van der Waals surface area contributed by atoms with Gasteiger partial charge in [0.15, 0.2) is 0 Å². The minimum Gasteiger partial charge on any atom is -0.362 e. The predicted octanol–water partition coefficient (Wildman–Crippen LogP) is 4.58. The molecule has 27 heavy (non-hydrogen) atoms. The molecule has 0 aliphatic carbocycles. The van der Waals surface area contributed by atoms with E-state index in [0.29, 0.717) is 34.3 Å². The van der Waals surface area contributed by atoms with Crippen molar-refractivity contribution < 1.29 is 9.18 Å². The van der Waals surface area contributed by atoms with Gasteiger partial charge in [0.2, 0.25) is 0 Å². The Balaban J connectivity index is 2.46. The fourth-order valence-electron chi connectivity index (χ4n) is 2.80. The van der Waals surface area contributed by atoms with Crippen LogP contribution in [0.2, 0.25) is 10.0 Å². The molecule has 0 saturated heterocycles. The Labute approximate surface area is 168 Å². The first-order valence-electron chi connectivity index (χ1n) is 8.54. The average Bonchev–Trinajstić information content (AvgIpc) is 2.66. The van der Waals surface area contributed by atoms with Crippen LogP contribution in [-0.4, -0.2) is 25.4 Å². The number of anilines is 1. The van der Waals surface area contributed by atoms with Gasteiger partial charge in [-0.05, 0) is 48.5 Å². The molecule has 0 aromatic heterocycles. The molecule has 0 aliphatic heterocycles. The first kappa shape index (κ1) is 21.2. The number of carbonyl (C=O) groups excluding carboxylic acids is 1. The highest BCUT2D eigenvalue weighted by Crippen LogP contribution is 2.29. The lowest BCUT2D eigenvalue weighted by Gasteiger charge is -2.33. The molecule has 0 saturated carbocycles. The van der Waals surface area contributed by atoms with Crippen molar-refractivity contribution in [1.29, 1.82) is 5.26 Å². The first-order chi connectivity index (χ1) is 13.0. The van der Waals surface area contributed by atoms with Crippen molar-refractivity contribution in [2.45, 2.75) is 25.9 Å². The van der Waals surface area contributed by atoms with Crippen molar-refractivity contribution in [3.8, 4) is 6.07 Å². The molecule has 2 aromatic carbocycles. The third-order valence-electron chi connectivity index (χ3n) is 4.19. The lowest BCUT2D eigenvalue weighted by Crippen LogP contribution is -2.42. The topological polar surface area (TPSA) is 56.1 Å². The van der Waals surface area contributed by atoms with Crippen molar-refractivity contribution in [2.24, 2.45) is 0 Å². The van der Waals surface area contributed by atoms with Gasteiger partial charge in [0.05, 0.1) is 10.6 Å². The molecule has 142 valence electrons. The van der Waals surface area contributed by atoms with Crippen molar-refractivity contribution >= 4 is 35.2 Å². The number of hydrogen-bond acceptors (Lipinski definition) is 4. The number of nitriles is 1. The molecular weight excluding hydrogens is 388 g/mol. The van der Waals surface area contributed by atoms with E-state index in [-0.39, 0.29) is 18.3 Å². The van der Waals surface area contributed by atoms with Crippen LogP contribution in [-0.2, 0) is 11.3 Å². The highest BCUT2D eigenvalue weighted by atomic mass is 35.5. The molecule has 2 aromatic rings. The number of nitrogens with zero attached hydrogens (tertiary/aromatic N) is 2. The molecule has 0 heterocycles. The van der Waals surface area contributed by atoms with Crippen LogP contribution in [0, 0.1) is 17.1 Å². The molecule has 1 N–H and O–H groups in total. The van der Waals surface area contributed by atoms with Crippen LogP contribution in [0.4, 0.5) is 10.1 Å². The second-order valence-electron chi connectivity index (χ2n) is 6.00. The highest BCUT2D eigenvalue weighted by Gasteiger charge is 2.21. The number of likely N-dealkylation sites (N-methyl/N-ethyl adjacent to an activating group) is 1. The summed E-state index contributed by atoms with van der Waals surface area (Å²) in [6, 6.07) is 11.1. The fourth-order valence-corrected chi connectivity index (χ4v) is 3.19. The maximum Gasteiger partial charge on any atom is 0.123 e. The van der Waals surface area contributed by atoms with Gasteiger partial charge >= 0.3 is 0 Å². The minimum atomic E-state index is -0.383. The number of benzene rings is 2. The monoisotopic (exact) mass is 407 g/mol. The summed E-state index contributed by atoms with van der Waals surface area (Å²) in [6.07, 6.45) is 1.13. The Kier molecular flexibility index (Phi) is 8.05. The van der Waals surface area contributed by atoms with Gasteiger partial charge in [-0.3, -0.25) is 0 Å². The number of nitrogens with one attached hydrogen (secondary N) is 1. The fraction of sp³-hybridized carbons (Fsp3) is 0.300. The quantitative estimate of drug-likeness (QED) is 0.618. The lowest BCUT2D eigenvalue weighted by molar-refractivity contribution is -0.108. The molecule has 0 spiro atoms. The summed E-state index contributed by atoms with van der Waals surface area (Å²) >= 11 is 12.4. The van der Waals surface area contributed by atoms with E-state index in [2.05, 4.69) is 5.32 Å². The molecule has 2 rings (SSSR count). The van der Waals surface area contributed by atoms with Crippen molar-refractivity contribution in [1.82, 2.24) is 5.32 Å². The van der Waals surface area contributed by atoms with E-state index in [0.717, 1.165) is 18.5 Å². The van der Waals surface area contributed by atoms with E-state index in [1.54, 1.807) is 18.2 Å². The summed E-state index contributed by atoms with van der Waals surface area (Å²) in [5.41, 5.74) is 1.69. The van der Waals surface area contributed by atoms with E-state index in [1.165, 1.54) is 18.2 Å². The van der Waals surface area contributed by atoms with Crippen LogP contribution < -0.4 is 10.2 Å². The Bertz CT molecular complexity index is 838. The Hall–Kier alpha value is -2.13. The third-order valence-corrected chi connectivity index (χ3v) is 4.87. The molecular formula is C20H20Cl2FN3O. The minimum absolute atomic E-state index is 0.189. The molecule has 0 amide bonds. The smallest absolute Gasteiger partial charge is 0.123 e. The summed E-state index contributed by atoms with van der Waals surface area (Å²) in [6.45, 7) is 3.57. The van der Waals surface area contributed by atoms with Gasteiger partial charge in [0.25, 0.3) is 0 Å². The maximum absolute atomic E-state index is 13.7. The number of hydrogen-bond donors (Lipinski definition) is 1. The average molecular weight is 408 g/mol. The van der Waals surface area contributed by atoms with Gasteiger partial charge in [-0.15, -0.1) is 0 Å². The van der Waals surface area contributed by atoms with Gasteiger partial charge in [-0.1, -0.05) is 30.1 Å².